The highest BCUT2D eigenvalue weighted by atomic mass is 19.4. The lowest BCUT2D eigenvalue weighted by molar-refractivity contribution is -0.179. The van der Waals surface area contributed by atoms with Crippen LogP contribution in [0.5, 0.6) is 0 Å². The van der Waals surface area contributed by atoms with Gasteiger partial charge in [0.05, 0.1) is 35.7 Å². The highest BCUT2D eigenvalue weighted by Gasteiger charge is 2.41. The van der Waals surface area contributed by atoms with Crippen LogP contribution >= 0.6 is 0 Å². The lowest BCUT2D eigenvalue weighted by atomic mass is 9.81. The minimum atomic E-state index is -4.16. The molecule has 41 heavy (non-hydrogen) atoms. The lowest BCUT2D eigenvalue weighted by Gasteiger charge is -2.33. The molecule has 5 rings (SSSR count). The van der Waals surface area contributed by atoms with Crippen LogP contribution in [0.2, 0.25) is 0 Å². The molecule has 2 aliphatic rings. The van der Waals surface area contributed by atoms with E-state index in [-0.39, 0.29) is 56.0 Å². The van der Waals surface area contributed by atoms with Crippen molar-refractivity contribution < 1.29 is 31.5 Å². The number of nitrogens with one attached hydrogen (secondary N) is 2. The Bertz CT molecular complexity index is 1350. The molecule has 3 aromatic rings. The fourth-order valence-corrected chi connectivity index (χ4v) is 5.00. The van der Waals surface area contributed by atoms with Crippen LogP contribution in [0.3, 0.4) is 0 Å². The number of hydrogen-bond acceptors (Lipinski definition) is 6. The molecule has 2 N–H and O–H groups in total. The molecule has 1 aliphatic heterocycles. The topological polar surface area (TPSA) is 119 Å². The molecule has 10 nitrogen and oxygen atoms in total. The zero-order valence-corrected chi connectivity index (χ0v) is 23.0. The van der Waals surface area contributed by atoms with Crippen molar-refractivity contribution in [3.8, 4) is 0 Å². The predicted molar refractivity (Wildman–Crippen MR) is 137 cm³/mol. The van der Waals surface area contributed by atoms with Crippen LogP contribution in [-0.4, -0.2) is 59.8 Å². The number of rotatable bonds is 5. The van der Waals surface area contributed by atoms with Crippen molar-refractivity contribution in [1.29, 1.82) is 0 Å². The summed E-state index contributed by atoms with van der Waals surface area (Å²) >= 11 is 0. The number of amides is 2. The second kappa shape index (κ2) is 12.1. The van der Waals surface area contributed by atoms with Gasteiger partial charge >= 0.3 is 6.18 Å². The summed E-state index contributed by atoms with van der Waals surface area (Å²) in [6.07, 6.45) is 0.868. The number of imidazole rings is 1. The van der Waals surface area contributed by atoms with E-state index in [1.54, 1.807) is 33.9 Å². The SMILES string of the molecule is Cc1cnc2nc(C(NC(=O)c3ccnn3C(C)C)C3CCC(F)(F)CC3)cn2n1.O=C1CCC(C(F)(F)F)CN1. The molecule has 2 fully saturated rings. The maximum atomic E-state index is 13.7. The summed E-state index contributed by atoms with van der Waals surface area (Å²) in [5, 5.41) is 13.8. The van der Waals surface area contributed by atoms with Gasteiger partial charge in [0.15, 0.2) is 0 Å². The van der Waals surface area contributed by atoms with Crippen LogP contribution in [0.25, 0.3) is 5.78 Å². The van der Waals surface area contributed by atoms with Gasteiger partial charge in [-0.1, -0.05) is 0 Å². The molecule has 1 saturated carbocycles. The normalized spacial score (nSPS) is 20.3. The van der Waals surface area contributed by atoms with Crippen LogP contribution in [0.4, 0.5) is 22.0 Å². The third-order valence-electron chi connectivity index (χ3n) is 7.28. The van der Waals surface area contributed by atoms with E-state index in [1.165, 1.54) is 0 Å². The summed E-state index contributed by atoms with van der Waals surface area (Å²) in [6, 6.07) is 1.14. The Morgan fingerprint density at radius 2 is 1.90 bits per heavy atom. The molecule has 4 heterocycles. The first-order chi connectivity index (χ1) is 19.2. The first-order valence-corrected chi connectivity index (χ1v) is 13.5. The summed E-state index contributed by atoms with van der Waals surface area (Å²) in [7, 11) is 0. The first-order valence-electron chi connectivity index (χ1n) is 13.5. The Balaban J connectivity index is 0.000000296. The summed E-state index contributed by atoms with van der Waals surface area (Å²) in [5.74, 6) is -4.35. The van der Waals surface area contributed by atoms with Crippen molar-refractivity contribution in [2.45, 2.75) is 83.5 Å². The van der Waals surface area contributed by atoms with Gasteiger partial charge < -0.3 is 10.6 Å². The Morgan fingerprint density at radius 3 is 2.51 bits per heavy atom. The number of fused-ring (bicyclic) bond motifs is 1. The molecular formula is C26H33F5N8O2. The molecule has 1 aliphatic carbocycles. The largest absolute Gasteiger partial charge is 0.393 e. The van der Waals surface area contributed by atoms with E-state index in [4.69, 9.17) is 0 Å². The molecule has 0 aromatic carbocycles. The minimum Gasteiger partial charge on any atom is -0.355 e. The van der Waals surface area contributed by atoms with Crippen molar-refractivity contribution in [1.82, 2.24) is 40.0 Å². The zero-order chi connectivity index (χ0) is 29.9. The average molecular weight is 585 g/mol. The Kier molecular flexibility index (Phi) is 8.92. The quantitative estimate of drug-likeness (QED) is 0.424. The molecule has 1 saturated heterocycles. The van der Waals surface area contributed by atoms with Gasteiger partial charge in [0.2, 0.25) is 11.8 Å². The molecule has 2 amide bonds. The van der Waals surface area contributed by atoms with Gasteiger partial charge in [0.1, 0.15) is 5.69 Å². The van der Waals surface area contributed by atoms with Crippen LogP contribution in [0, 0.1) is 18.8 Å². The van der Waals surface area contributed by atoms with Crippen molar-refractivity contribution in [3.63, 3.8) is 0 Å². The molecule has 224 valence electrons. The Morgan fingerprint density at radius 1 is 1.20 bits per heavy atom. The predicted octanol–water partition coefficient (Wildman–Crippen LogP) is 4.58. The van der Waals surface area contributed by atoms with Crippen molar-refractivity contribution in [2.24, 2.45) is 11.8 Å². The first kappa shape index (κ1) is 30.3. The van der Waals surface area contributed by atoms with Gasteiger partial charge in [0.25, 0.3) is 11.7 Å². The number of alkyl halides is 5. The summed E-state index contributed by atoms with van der Waals surface area (Å²) in [4.78, 5) is 32.3. The third kappa shape index (κ3) is 7.55. The lowest BCUT2D eigenvalue weighted by Crippen LogP contribution is -2.41. The molecular weight excluding hydrogens is 551 g/mol. The second-order valence-corrected chi connectivity index (χ2v) is 10.8. The monoisotopic (exact) mass is 584 g/mol. The van der Waals surface area contributed by atoms with Crippen LogP contribution in [-0.2, 0) is 4.79 Å². The molecule has 15 heteroatoms. The molecule has 2 unspecified atom stereocenters. The number of piperidine rings is 1. The van der Waals surface area contributed by atoms with Gasteiger partial charge in [-0.3, -0.25) is 14.3 Å². The highest BCUT2D eigenvalue weighted by molar-refractivity contribution is 5.92. The Hall–Kier alpha value is -3.65. The molecule has 2 atom stereocenters. The summed E-state index contributed by atoms with van der Waals surface area (Å²) < 4.78 is 66.4. The van der Waals surface area contributed by atoms with Gasteiger partial charge in [0, 0.05) is 38.0 Å². The standard InChI is InChI=1S/C20H25F2N7O.C6H8F3NO/c1-12(2)29-16(6-9-24-29)18(30)26-17(14-4-7-20(21,22)8-5-14)15-11-28-19(25-15)23-10-13(3)27-28;7-6(8,9)4-1-2-5(11)10-3-4/h6,9-12,14,17H,4-5,7-8H2,1-3H3,(H,26,30);4H,1-3H2,(H,10,11). The fraction of sp³-hybridized carbons (Fsp3) is 0.615. The number of halogens is 5. The smallest absolute Gasteiger partial charge is 0.355 e. The fourth-order valence-electron chi connectivity index (χ4n) is 5.00. The van der Waals surface area contributed by atoms with E-state index in [9.17, 15) is 31.5 Å². The van der Waals surface area contributed by atoms with Gasteiger partial charge in [-0.15, -0.1) is 0 Å². The number of carbonyl (C=O) groups is 2. The van der Waals surface area contributed by atoms with Crippen molar-refractivity contribution >= 4 is 17.6 Å². The van der Waals surface area contributed by atoms with Crippen LogP contribution < -0.4 is 10.6 Å². The number of carbonyl (C=O) groups excluding carboxylic acids is 2. The van der Waals surface area contributed by atoms with Crippen LogP contribution in [0.1, 0.15) is 86.3 Å². The van der Waals surface area contributed by atoms with E-state index >= 15 is 0 Å². The Labute approximate surface area is 233 Å². The van der Waals surface area contributed by atoms with Gasteiger partial charge in [-0.25, -0.2) is 23.3 Å². The minimum absolute atomic E-state index is 0.00975. The number of hydrogen-bond donors (Lipinski definition) is 2. The summed E-state index contributed by atoms with van der Waals surface area (Å²) in [5.41, 5.74) is 1.72. The molecule has 3 aromatic heterocycles. The van der Waals surface area contributed by atoms with E-state index in [0.29, 0.717) is 30.0 Å². The third-order valence-corrected chi connectivity index (χ3v) is 7.28. The van der Waals surface area contributed by atoms with E-state index in [1.807, 2.05) is 20.8 Å². The number of aromatic nitrogens is 6. The maximum Gasteiger partial charge on any atom is 0.393 e. The van der Waals surface area contributed by atoms with E-state index in [2.05, 4.69) is 30.8 Å². The molecule has 0 spiro atoms. The molecule has 0 radical (unpaired) electrons. The number of aryl methyl sites for hydroxylation is 1. The molecule has 0 bridgehead atoms. The van der Waals surface area contributed by atoms with Crippen LogP contribution in [0.15, 0.2) is 24.7 Å². The maximum absolute atomic E-state index is 13.7. The van der Waals surface area contributed by atoms with E-state index in [0.717, 1.165) is 5.69 Å². The highest BCUT2D eigenvalue weighted by Crippen LogP contribution is 2.41. The van der Waals surface area contributed by atoms with Crippen molar-refractivity contribution in [3.05, 3.63) is 41.7 Å². The van der Waals surface area contributed by atoms with Gasteiger partial charge in [-0.05, 0) is 52.0 Å². The summed E-state index contributed by atoms with van der Waals surface area (Å²) in [6.45, 7) is 5.43. The zero-order valence-electron chi connectivity index (χ0n) is 23.0. The second-order valence-electron chi connectivity index (χ2n) is 10.8. The van der Waals surface area contributed by atoms with Gasteiger partial charge in [-0.2, -0.15) is 23.4 Å². The average Bonchev–Trinajstić information content (AvgIpc) is 3.55. The number of nitrogens with zero attached hydrogens (tertiary/aromatic N) is 6. The van der Waals surface area contributed by atoms with Crippen molar-refractivity contribution in [2.75, 3.05) is 6.54 Å². The van der Waals surface area contributed by atoms with E-state index < -0.39 is 24.1 Å².